The molecular formula is C15H17FN2O3S. The minimum Gasteiger partial charge on any atom is -0.495 e. The Hall–Kier alpha value is -1.99. The molecule has 0 saturated carbocycles. The number of halogens is 1. The van der Waals surface area contributed by atoms with Crippen molar-refractivity contribution in [2.75, 3.05) is 14.2 Å². The van der Waals surface area contributed by atoms with Gasteiger partial charge in [0.1, 0.15) is 16.5 Å². The summed E-state index contributed by atoms with van der Waals surface area (Å²) >= 11 is 0. The van der Waals surface area contributed by atoms with E-state index in [2.05, 4.69) is 4.98 Å². The van der Waals surface area contributed by atoms with Gasteiger partial charge in [0.15, 0.2) is 0 Å². The van der Waals surface area contributed by atoms with Crippen molar-refractivity contribution >= 4 is 10.0 Å². The fraction of sp³-hybridized carbons (Fsp3) is 0.267. The van der Waals surface area contributed by atoms with Crippen molar-refractivity contribution in [1.29, 1.82) is 0 Å². The smallest absolute Gasteiger partial charge is 0.245 e. The van der Waals surface area contributed by atoms with Crippen molar-refractivity contribution in [3.05, 3.63) is 54.1 Å². The van der Waals surface area contributed by atoms with Gasteiger partial charge in [0.25, 0.3) is 0 Å². The Kier molecular flexibility index (Phi) is 4.77. The Morgan fingerprint density at radius 1 is 1.23 bits per heavy atom. The van der Waals surface area contributed by atoms with Crippen LogP contribution in [0.2, 0.25) is 0 Å². The summed E-state index contributed by atoms with van der Waals surface area (Å²) in [6, 6.07) is 6.71. The van der Waals surface area contributed by atoms with Gasteiger partial charge >= 0.3 is 0 Å². The highest BCUT2D eigenvalue weighted by atomic mass is 32.2. The van der Waals surface area contributed by atoms with E-state index in [1.54, 1.807) is 19.1 Å². The maximum Gasteiger partial charge on any atom is 0.245 e. The van der Waals surface area contributed by atoms with Crippen LogP contribution >= 0.6 is 0 Å². The van der Waals surface area contributed by atoms with Gasteiger partial charge in [0, 0.05) is 25.4 Å². The van der Waals surface area contributed by atoms with Crippen LogP contribution in [0.5, 0.6) is 5.75 Å². The van der Waals surface area contributed by atoms with E-state index in [0.29, 0.717) is 11.3 Å². The average molecular weight is 324 g/mol. The predicted octanol–water partition coefficient (Wildman–Crippen LogP) is 2.61. The Balaban J connectivity index is 2.33. The third kappa shape index (κ3) is 3.26. The summed E-state index contributed by atoms with van der Waals surface area (Å²) in [5.74, 6) is 0.00219. The molecule has 7 heteroatoms. The average Bonchev–Trinajstić information content (AvgIpc) is 2.54. The molecule has 2 aromatic rings. The molecule has 1 unspecified atom stereocenters. The quantitative estimate of drug-likeness (QED) is 0.848. The molecule has 0 aliphatic carbocycles. The van der Waals surface area contributed by atoms with Crippen molar-refractivity contribution in [1.82, 2.24) is 9.29 Å². The monoisotopic (exact) mass is 324 g/mol. The number of benzene rings is 1. The summed E-state index contributed by atoms with van der Waals surface area (Å²) in [5.41, 5.74) is 0.698. The van der Waals surface area contributed by atoms with Crippen LogP contribution in [0.3, 0.4) is 0 Å². The maximum absolute atomic E-state index is 13.0. The van der Waals surface area contributed by atoms with Crippen molar-refractivity contribution in [2.45, 2.75) is 17.9 Å². The van der Waals surface area contributed by atoms with Gasteiger partial charge in [-0.1, -0.05) is 12.1 Å². The largest absolute Gasteiger partial charge is 0.495 e. The first kappa shape index (κ1) is 16.4. The number of rotatable bonds is 5. The molecule has 2 rings (SSSR count). The van der Waals surface area contributed by atoms with Crippen LogP contribution in [0.1, 0.15) is 18.5 Å². The topological polar surface area (TPSA) is 59.5 Å². The van der Waals surface area contributed by atoms with Crippen LogP contribution in [0, 0.1) is 5.82 Å². The third-order valence-electron chi connectivity index (χ3n) is 3.50. The van der Waals surface area contributed by atoms with E-state index in [1.165, 1.54) is 49.1 Å². The lowest BCUT2D eigenvalue weighted by molar-refractivity contribution is 0.394. The normalized spacial score (nSPS) is 13.1. The maximum atomic E-state index is 13.0. The number of aromatic nitrogens is 1. The van der Waals surface area contributed by atoms with Crippen LogP contribution in [-0.4, -0.2) is 31.9 Å². The zero-order valence-corrected chi connectivity index (χ0v) is 13.3. The van der Waals surface area contributed by atoms with E-state index < -0.39 is 16.1 Å². The van der Waals surface area contributed by atoms with Gasteiger partial charge in [-0.05, 0) is 24.6 Å². The van der Waals surface area contributed by atoms with Gasteiger partial charge in [-0.3, -0.25) is 4.98 Å². The Bertz CT molecular complexity index is 748. The Morgan fingerprint density at radius 2 is 1.86 bits per heavy atom. The van der Waals surface area contributed by atoms with Crippen LogP contribution in [0.25, 0.3) is 0 Å². The highest BCUT2D eigenvalue weighted by Gasteiger charge is 2.27. The second-order valence-electron chi connectivity index (χ2n) is 4.81. The van der Waals surface area contributed by atoms with Gasteiger partial charge in [-0.15, -0.1) is 0 Å². The molecule has 0 spiro atoms. The summed E-state index contributed by atoms with van der Waals surface area (Å²) in [4.78, 5) is 3.91. The number of sulfonamides is 1. The predicted molar refractivity (Wildman–Crippen MR) is 80.6 cm³/mol. The molecule has 0 radical (unpaired) electrons. The number of hydrogen-bond donors (Lipinski definition) is 0. The SMILES string of the molecule is COc1cncc(S(=O)(=O)N(C)C(C)c2ccc(F)cc2)c1. The fourth-order valence-corrected chi connectivity index (χ4v) is 3.31. The summed E-state index contributed by atoms with van der Waals surface area (Å²) in [6.45, 7) is 1.73. The fourth-order valence-electron chi connectivity index (χ4n) is 1.98. The molecule has 0 amide bonds. The molecule has 1 atom stereocenters. The molecule has 1 heterocycles. The molecule has 22 heavy (non-hydrogen) atoms. The zero-order valence-electron chi connectivity index (χ0n) is 12.5. The van der Waals surface area contributed by atoms with Gasteiger partial charge in [-0.25, -0.2) is 12.8 Å². The van der Waals surface area contributed by atoms with E-state index in [-0.39, 0.29) is 10.7 Å². The molecule has 0 bridgehead atoms. The number of hydrogen-bond acceptors (Lipinski definition) is 4. The van der Waals surface area contributed by atoms with Gasteiger partial charge in [-0.2, -0.15) is 4.31 Å². The van der Waals surface area contributed by atoms with Crippen LogP contribution in [-0.2, 0) is 10.0 Å². The lowest BCUT2D eigenvalue weighted by atomic mass is 10.1. The lowest BCUT2D eigenvalue weighted by Crippen LogP contribution is -2.30. The molecule has 1 aromatic heterocycles. The minimum absolute atomic E-state index is 0.0447. The summed E-state index contributed by atoms with van der Waals surface area (Å²) in [7, 11) is -0.814. The molecule has 0 aliphatic rings. The molecular weight excluding hydrogens is 307 g/mol. The molecule has 5 nitrogen and oxygen atoms in total. The molecule has 118 valence electrons. The van der Waals surface area contributed by atoms with E-state index >= 15 is 0 Å². The molecule has 1 aromatic carbocycles. The molecule has 0 fully saturated rings. The van der Waals surface area contributed by atoms with E-state index in [9.17, 15) is 12.8 Å². The highest BCUT2D eigenvalue weighted by molar-refractivity contribution is 7.89. The first-order chi connectivity index (χ1) is 10.4. The second-order valence-corrected chi connectivity index (χ2v) is 6.81. The van der Waals surface area contributed by atoms with Crippen LogP contribution in [0.4, 0.5) is 4.39 Å². The summed E-state index contributed by atoms with van der Waals surface area (Å²) in [6.07, 6.45) is 2.70. The van der Waals surface area contributed by atoms with Crippen molar-refractivity contribution < 1.29 is 17.5 Å². The zero-order chi connectivity index (χ0) is 16.3. The number of pyridine rings is 1. The van der Waals surface area contributed by atoms with Gasteiger partial charge in [0.2, 0.25) is 10.0 Å². The van der Waals surface area contributed by atoms with E-state index in [4.69, 9.17) is 4.74 Å². The lowest BCUT2D eigenvalue weighted by Gasteiger charge is -2.24. The minimum atomic E-state index is -3.73. The van der Waals surface area contributed by atoms with Crippen LogP contribution in [0.15, 0.2) is 47.6 Å². The van der Waals surface area contributed by atoms with Crippen molar-refractivity contribution in [3.63, 3.8) is 0 Å². The Labute approximate surface area is 129 Å². The third-order valence-corrected chi connectivity index (χ3v) is 5.39. The van der Waals surface area contributed by atoms with E-state index in [1.807, 2.05) is 0 Å². The van der Waals surface area contributed by atoms with E-state index in [0.717, 1.165) is 0 Å². The molecule has 0 aliphatic heterocycles. The van der Waals surface area contributed by atoms with Crippen LogP contribution < -0.4 is 4.74 Å². The summed E-state index contributed by atoms with van der Waals surface area (Å²) in [5, 5.41) is 0. The van der Waals surface area contributed by atoms with Crippen molar-refractivity contribution in [2.24, 2.45) is 0 Å². The van der Waals surface area contributed by atoms with Gasteiger partial charge in [0.05, 0.1) is 13.3 Å². The molecule has 0 saturated heterocycles. The highest BCUT2D eigenvalue weighted by Crippen LogP contribution is 2.26. The number of methoxy groups -OCH3 is 1. The van der Waals surface area contributed by atoms with Crippen molar-refractivity contribution in [3.8, 4) is 5.75 Å². The molecule has 0 N–H and O–H groups in total. The van der Waals surface area contributed by atoms with Gasteiger partial charge < -0.3 is 4.74 Å². The summed E-state index contributed by atoms with van der Waals surface area (Å²) < 4.78 is 44.5. The first-order valence-electron chi connectivity index (χ1n) is 6.59. The number of ether oxygens (including phenoxy) is 1. The standard InChI is InChI=1S/C15H17FN2O3S/c1-11(12-4-6-13(16)7-5-12)18(2)22(19,20)15-8-14(21-3)9-17-10-15/h4-11H,1-3H3. The Morgan fingerprint density at radius 3 is 2.45 bits per heavy atom. The number of nitrogens with zero attached hydrogens (tertiary/aromatic N) is 2. The first-order valence-corrected chi connectivity index (χ1v) is 8.03. The second kappa shape index (κ2) is 6.41.